The molecular formula is C29H25FN4O5. The fourth-order valence-corrected chi connectivity index (χ4v) is 4.04. The summed E-state index contributed by atoms with van der Waals surface area (Å²) < 4.78 is 19.2. The molecule has 0 fully saturated rings. The molecule has 0 aliphatic rings. The van der Waals surface area contributed by atoms with Crippen LogP contribution in [-0.4, -0.2) is 29.8 Å². The Labute approximate surface area is 223 Å². The summed E-state index contributed by atoms with van der Waals surface area (Å²) in [5.74, 6) is -1.59. The van der Waals surface area contributed by atoms with Gasteiger partial charge in [0.1, 0.15) is 17.1 Å². The van der Waals surface area contributed by atoms with Gasteiger partial charge in [-0.05, 0) is 67.3 Å². The van der Waals surface area contributed by atoms with Crippen molar-refractivity contribution >= 4 is 51.1 Å². The predicted molar refractivity (Wildman–Crippen MR) is 146 cm³/mol. The highest BCUT2D eigenvalue weighted by Gasteiger charge is 2.20. The van der Waals surface area contributed by atoms with Crippen LogP contribution in [0.2, 0.25) is 0 Å². The number of anilines is 2. The zero-order chi connectivity index (χ0) is 28.3. The van der Waals surface area contributed by atoms with Gasteiger partial charge in [-0.25, -0.2) is 0 Å². The van der Waals surface area contributed by atoms with Gasteiger partial charge in [0, 0.05) is 23.6 Å². The number of carbonyl (C=O) groups is 3. The zero-order valence-electron chi connectivity index (χ0n) is 21.7. The number of carbonyl (C=O) groups excluding carboxylic acids is 3. The lowest BCUT2D eigenvalue weighted by molar-refractivity contribution is -0.119. The molecule has 4 rings (SSSR count). The van der Waals surface area contributed by atoms with Crippen LogP contribution in [0, 0.1) is 6.92 Å². The van der Waals surface area contributed by atoms with Crippen LogP contribution >= 0.6 is 0 Å². The second kappa shape index (κ2) is 11.1. The summed E-state index contributed by atoms with van der Waals surface area (Å²) >= 11 is 0. The lowest BCUT2D eigenvalue weighted by Gasteiger charge is -2.13. The summed E-state index contributed by atoms with van der Waals surface area (Å²) in [6, 6.07) is 17.3. The first-order valence-corrected chi connectivity index (χ1v) is 11.8. The van der Waals surface area contributed by atoms with E-state index in [4.69, 9.17) is 4.74 Å². The summed E-state index contributed by atoms with van der Waals surface area (Å²) in [5.41, 5.74) is 1.77. The van der Waals surface area contributed by atoms with E-state index >= 15 is 0 Å². The number of amides is 2. The highest BCUT2D eigenvalue weighted by Crippen LogP contribution is 2.41. The number of benzene rings is 4. The molecule has 39 heavy (non-hydrogen) atoms. The zero-order valence-corrected chi connectivity index (χ0v) is 21.7. The molecule has 0 bridgehead atoms. The number of Topliss-reactive ketones (excluding diaryl/α,β-unsaturated/α-hetero) is 1. The molecule has 0 spiro atoms. The van der Waals surface area contributed by atoms with Gasteiger partial charge in [0.2, 0.25) is 0 Å². The van der Waals surface area contributed by atoms with Gasteiger partial charge in [-0.15, -0.1) is 15.4 Å². The van der Waals surface area contributed by atoms with Gasteiger partial charge in [-0.3, -0.25) is 14.4 Å². The molecule has 2 N–H and O–H groups in total. The van der Waals surface area contributed by atoms with Crippen LogP contribution in [-0.2, 0) is 4.79 Å². The molecule has 4 aromatic carbocycles. The summed E-state index contributed by atoms with van der Waals surface area (Å²) in [6.45, 7) is 4.32. The van der Waals surface area contributed by atoms with Gasteiger partial charge >= 0.3 is 0 Å². The molecular weight excluding hydrogens is 503 g/mol. The maximum absolute atomic E-state index is 13.8. The summed E-state index contributed by atoms with van der Waals surface area (Å²) in [7, 11) is 1.47. The van der Waals surface area contributed by atoms with Crippen LogP contribution in [0.5, 0.6) is 11.5 Å². The number of hydrogen-bond donors (Lipinski definition) is 2. The maximum atomic E-state index is 13.8. The minimum absolute atomic E-state index is 0.0104. The molecule has 0 aromatic heterocycles. The Balaban J connectivity index is 1.73. The number of azo groups is 1. The highest BCUT2D eigenvalue weighted by atomic mass is 19.2. The molecule has 0 heterocycles. The summed E-state index contributed by atoms with van der Waals surface area (Å²) in [6.07, 6.45) is 0. The summed E-state index contributed by atoms with van der Waals surface area (Å²) in [4.78, 5) is 36.4. The molecule has 0 aliphatic carbocycles. The van der Waals surface area contributed by atoms with Crippen molar-refractivity contribution in [1.29, 1.82) is 0 Å². The number of phenols is 1. The Hall–Kier alpha value is -5.12. The quantitative estimate of drug-likeness (QED) is 0.152. The Morgan fingerprint density at radius 1 is 0.949 bits per heavy atom. The number of fused-ring (bicyclic) bond motifs is 1. The monoisotopic (exact) mass is 528 g/mol. The molecule has 0 atom stereocenters. The van der Waals surface area contributed by atoms with E-state index in [1.165, 1.54) is 44.4 Å². The maximum Gasteiger partial charge on any atom is 0.259 e. The minimum Gasteiger partial charge on any atom is -0.505 e. The average Bonchev–Trinajstić information content (AvgIpc) is 2.92. The van der Waals surface area contributed by atoms with E-state index in [-0.39, 0.29) is 33.5 Å². The van der Waals surface area contributed by atoms with Gasteiger partial charge in [0.05, 0.1) is 18.4 Å². The van der Waals surface area contributed by atoms with E-state index in [9.17, 15) is 24.0 Å². The lowest BCUT2D eigenvalue weighted by atomic mass is 10.0. The molecule has 0 saturated carbocycles. The number of halogens is 1. The number of nitrogens with zero attached hydrogens (tertiary/aromatic N) is 3. The van der Waals surface area contributed by atoms with Gasteiger partial charge in [0.25, 0.3) is 11.8 Å². The van der Waals surface area contributed by atoms with Crippen LogP contribution in [0.25, 0.3) is 10.8 Å². The number of rotatable bonds is 7. The fraction of sp³-hybridized carbons (Fsp3) is 0.138. The number of ether oxygens (including phenoxy) is 1. The SMILES string of the molecule is COc1cc(C)c(C(C)=O)cc1N=Nc1c(O)c(C(=O)Nc2ccc(N(F)C(C)=O)cc2)cc2ccccc12. The smallest absolute Gasteiger partial charge is 0.259 e. The van der Waals surface area contributed by atoms with Crippen molar-refractivity contribution in [3.8, 4) is 11.5 Å². The van der Waals surface area contributed by atoms with Gasteiger partial charge in [0.15, 0.2) is 11.5 Å². The Morgan fingerprint density at radius 3 is 2.28 bits per heavy atom. The van der Waals surface area contributed by atoms with E-state index in [1.807, 2.05) is 0 Å². The minimum atomic E-state index is -0.782. The third-order valence-corrected chi connectivity index (χ3v) is 6.03. The van der Waals surface area contributed by atoms with E-state index in [1.54, 1.807) is 43.3 Å². The molecule has 4 aromatic rings. The van der Waals surface area contributed by atoms with Crippen molar-refractivity contribution in [2.45, 2.75) is 20.8 Å². The molecule has 0 saturated heterocycles. The van der Waals surface area contributed by atoms with Crippen LogP contribution in [0.4, 0.5) is 27.2 Å². The second-order valence-electron chi connectivity index (χ2n) is 8.74. The van der Waals surface area contributed by atoms with Gasteiger partial charge in [-0.2, -0.15) is 0 Å². The van der Waals surface area contributed by atoms with Gasteiger partial charge < -0.3 is 15.2 Å². The largest absolute Gasteiger partial charge is 0.505 e. The van der Waals surface area contributed by atoms with Crippen LogP contribution in [0.1, 0.15) is 40.1 Å². The highest BCUT2D eigenvalue weighted by molar-refractivity contribution is 6.11. The van der Waals surface area contributed by atoms with Crippen LogP contribution in [0.15, 0.2) is 77.0 Å². The number of aryl methyl sites for hydroxylation is 1. The number of aromatic hydroxyl groups is 1. The van der Waals surface area contributed by atoms with Crippen molar-refractivity contribution in [2.75, 3.05) is 17.5 Å². The predicted octanol–water partition coefficient (Wildman–Crippen LogP) is 6.97. The average molecular weight is 529 g/mol. The summed E-state index contributed by atoms with van der Waals surface area (Å²) in [5, 5.41) is 23.4. The Kier molecular flexibility index (Phi) is 7.66. The third-order valence-electron chi connectivity index (χ3n) is 6.03. The topological polar surface area (TPSA) is 121 Å². The number of nitrogens with one attached hydrogen (secondary N) is 1. The van der Waals surface area contributed by atoms with Crippen molar-refractivity contribution in [3.05, 3.63) is 83.4 Å². The first-order valence-electron chi connectivity index (χ1n) is 11.8. The van der Waals surface area contributed by atoms with Crippen molar-refractivity contribution < 1.29 is 28.7 Å². The second-order valence-corrected chi connectivity index (χ2v) is 8.74. The van der Waals surface area contributed by atoms with Crippen molar-refractivity contribution in [2.24, 2.45) is 10.2 Å². The van der Waals surface area contributed by atoms with Crippen molar-refractivity contribution in [3.63, 3.8) is 0 Å². The standard InChI is InChI=1S/C29H25FN4O5/c1-16-13-26(39-4)25(15-23(16)17(2)35)32-33-27-22-8-6-5-7-19(22)14-24(28(27)37)29(38)31-20-9-11-21(12-10-20)34(30)18(3)36/h5-15,37H,1-4H3,(H,31,38). The number of ketones is 1. The molecule has 0 unspecified atom stereocenters. The van der Waals surface area contributed by atoms with E-state index in [0.29, 0.717) is 27.8 Å². The molecule has 10 heteroatoms. The van der Waals surface area contributed by atoms with E-state index < -0.39 is 17.6 Å². The normalized spacial score (nSPS) is 11.0. The molecule has 198 valence electrons. The van der Waals surface area contributed by atoms with E-state index in [0.717, 1.165) is 12.5 Å². The molecule has 9 nitrogen and oxygen atoms in total. The number of hydrogen-bond acceptors (Lipinski definition) is 7. The molecule has 0 aliphatic heterocycles. The Morgan fingerprint density at radius 2 is 1.64 bits per heavy atom. The fourth-order valence-electron chi connectivity index (χ4n) is 4.04. The van der Waals surface area contributed by atoms with Crippen LogP contribution < -0.4 is 15.2 Å². The van der Waals surface area contributed by atoms with Crippen molar-refractivity contribution in [1.82, 2.24) is 0 Å². The van der Waals surface area contributed by atoms with E-state index in [2.05, 4.69) is 15.5 Å². The number of methoxy groups -OCH3 is 1. The first-order chi connectivity index (χ1) is 18.6. The third kappa shape index (κ3) is 5.59. The molecule has 2 amide bonds. The van der Waals surface area contributed by atoms with Gasteiger partial charge in [-0.1, -0.05) is 28.7 Å². The molecule has 0 radical (unpaired) electrons. The number of phenolic OH excluding ortho intramolecular Hbond substituents is 1. The Bertz CT molecular complexity index is 1630. The lowest BCUT2D eigenvalue weighted by Crippen LogP contribution is -2.18. The first kappa shape index (κ1) is 26.9. The van der Waals surface area contributed by atoms with Crippen LogP contribution in [0.3, 0.4) is 0 Å².